The van der Waals surface area contributed by atoms with E-state index >= 15 is 0 Å². The highest BCUT2D eigenvalue weighted by molar-refractivity contribution is 5.94. The fraction of sp³-hybridized carbons (Fsp3) is 0.280. The maximum atomic E-state index is 12.7. The van der Waals surface area contributed by atoms with Crippen LogP contribution >= 0.6 is 0 Å². The minimum Gasteiger partial charge on any atom is -0.497 e. The zero-order valence-corrected chi connectivity index (χ0v) is 19.0. The number of aliphatic carboxylic acids is 1. The number of nitrogens with zero attached hydrogens (tertiary/aromatic N) is 2. The predicted molar refractivity (Wildman–Crippen MR) is 125 cm³/mol. The van der Waals surface area contributed by atoms with Crippen molar-refractivity contribution in [3.8, 4) is 5.75 Å². The van der Waals surface area contributed by atoms with Crippen molar-refractivity contribution >= 4 is 22.6 Å². The molecule has 3 rings (SSSR count). The molecular formula is C25H26N2O7. The fourth-order valence-electron chi connectivity index (χ4n) is 3.74. The van der Waals surface area contributed by atoms with Gasteiger partial charge in [-0.3, -0.25) is 9.59 Å². The molecule has 34 heavy (non-hydrogen) atoms. The van der Waals surface area contributed by atoms with E-state index in [1.165, 1.54) is 4.90 Å². The van der Waals surface area contributed by atoms with Crippen LogP contribution in [0, 0.1) is 10.1 Å². The summed E-state index contributed by atoms with van der Waals surface area (Å²) >= 11 is 0. The Morgan fingerprint density at radius 1 is 1.06 bits per heavy atom. The van der Waals surface area contributed by atoms with Crippen LogP contribution in [-0.2, 0) is 16.2 Å². The van der Waals surface area contributed by atoms with E-state index < -0.39 is 17.0 Å². The van der Waals surface area contributed by atoms with Crippen LogP contribution in [0.2, 0.25) is 0 Å². The van der Waals surface area contributed by atoms with Crippen LogP contribution in [0.3, 0.4) is 0 Å². The van der Waals surface area contributed by atoms with Gasteiger partial charge in [0, 0.05) is 19.2 Å². The molecule has 178 valence electrons. The van der Waals surface area contributed by atoms with Gasteiger partial charge in [-0.15, -0.1) is 10.1 Å². The molecule has 1 atom stereocenters. The van der Waals surface area contributed by atoms with E-state index in [0.29, 0.717) is 36.1 Å². The van der Waals surface area contributed by atoms with Crippen molar-refractivity contribution in [1.82, 2.24) is 4.90 Å². The number of hydrogen-bond donors (Lipinski definition) is 1. The Hall–Kier alpha value is -4.14. The summed E-state index contributed by atoms with van der Waals surface area (Å²) in [5.74, 6) is -1.07. The molecule has 0 heterocycles. The average molecular weight is 466 g/mol. The Balaban J connectivity index is 1.59. The molecule has 0 fully saturated rings. The first-order valence-electron chi connectivity index (χ1n) is 10.7. The number of carbonyl (C=O) groups is 2. The van der Waals surface area contributed by atoms with Gasteiger partial charge in [0.05, 0.1) is 13.0 Å². The van der Waals surface area contributed by atoms with Gasteiger partial charge in [-0.1, -0.05) is 36.4 Å². The maximum absolute atomic E-state index is 12.7. The van der Waals surface area contributed by atoms with Crippen LogP contribution in [0.4, 0.5) is 0 Å². The Morgan fingerprint density at radius 3 is 2.38 bits per heavy atom. The van der Waals surface area contributed by atoms with E-state index in [4.69, 9.17) is 4.74 Å². The van der Waals surface area contributed by atoms with E-state index in [0.717, 1.165) is 16.5 Å². The monoisotopic (exact) mass is 466 g/mol. The molecule has 0 aliphatic carbocycles. The van der Waals surface area contributed by atoms with Crippen LogP contribution in [0.1, 0.15) is 40.2 Å². The van der Waals surface area contributed by atoms with E-state index in [1.807, 2.05) is 36.4 Å². The lowest BCUT2D eigenvalue weighted by atomic mass is 9.92. The van der Waals surface area contributed by atoms with Crippen molar-refractivity contribution in [1.29, 1.82) is 0 Å². The molecule has 0 aliphatic heterocycles. The van der Waals surface area contributed by atoms with E-state index in [1.54, 1.807) is 38.4 Å². The Morgan fingerprint density at radius 2 is 1.74 bits per heavy atom. The number of rotatable bonds is 11. The van der Waals surface area contributed by atoms with Crippen LogP contribution in [-0.4, -0.2) is 47.7 Å². The van der Waals surface area contributed by atoms with Gasteiger partial charge in [0.15, 0.2) is 0 Å². The van der Waals surface area contributed by atoms with Gasteiger partial charge in [0.25, 0.3) is 11.0 Å². The molecule has 0 saturated carbocycles. The number of carboxylic acid groups (broad SMARTS) is 1. The number of ether oxygens (including phenoxy) is 1. The second kappa shape index (κ2) is 11.1. The number of hydrogen-bond acceptors (Lipinski definition) is 6. The summed E-state index contributed by atoms with van der Waals surface area (Å²) in [6.45, 7) is 0.204. The van der Waals surface area contributed by atoms with Gasteiger partial charge < -0.3 is 19.6 Å². The number of fused-ring (bicyclic) bond motifs is 1. The third kappa shape index (κ3) is 6.22. The third-order valence-electron chi connectivity index (χ3n) is 5.64. The van der Waals surface area contributed by atoms with Crippen LogP contribution in [0.25, 0.3) is 10.8 Å². The second-order valence-corrected chi connectivity index (χ2v) is 7.93. The minimum absolute atomic E-state index is 0.184. The molecule has 3 aromatic carbocycles. The molecule has 3 aromatic rings. The summed E-state index contributed by atoms with van der Waals surface area (Å²) in [4.78, 5) is 40.7. The lowest BCUT2D eigenvalue weighted by Gasteiger charge is -2.19. The number of carbonyl (C=O) groups excluding carboxylic acids is 1. The molecule has 0 saturated heterocycles. The quantitative estimate of drug-likeness (QED) is 0.331. The first kappa shape index (κ1) is 24.5. The van der Waals surface area contributed by atoms with Gasteiger partial charge in [0.1, 0.15) is 12.4 Å². The zero-order chi connectivity index (χ0) is 24.7. The summed E-state index contributed by atoms with van der Waals surface area (Å²) in [5, 5.41) is 21.1. The summed E-state index contributed by atoms with van der Waals surface area (Å²) in [6.07, 6.45) is 0.889. The largest absolute Gasteiger partial charge is 0.497 e. The van der Waals surface area contributed by atoms with Crippen LogP contribution in [0.15, 0.2) is 60.7 Å². The van der Waals surface area contributed by atoms with Crippen molar-refractivity contribution < 1.29 is 29.4 Å². The van der Waals surface area contributed by atoms with Crippen molar-refractivity contribution in [2.45, 2.75) is 25.4 Å². The summed E-state index contributed by atoms with van der Waals surface area (Å²) < 4.78 is 5.23. The smallest absolute Gasteiger partial charge is 0.310 e. The van der Waals surface area contributed by atoms with E-state index in [2.05, 4.69) is 4.84 Å². The van der Waals surface area contributed by atoms with Crippen molar-refractivity contribution in [3.05, 3.63) is 87.5 Å². The molecule has 0 radical (unpaired) electrons. The van der Waals surface area contributed by atoms with Crippen molar-refractivity contribution in [2.75, 3.05) is 20.7 Å². The van der Waals surface area contributed by atoms with Crippen molar-refractivity contribution in [3.63, 3.8) is 0 Å². The molecule has 9 heteroatoms. The van der Waals surface area contributed by atoms with Crippen LogP contribution in [0.5, 0.6) is 5.75 Å². The Kier molecular flexibility index (Phi) is 8.02. The van der Waals surface area contributed by atoms with Crippen LogP contribution < -0.4 is 4.74 Å². The topological polar surface area (TPSA) is 119 Å². The Labute approximate surface area is 196 Å². The minimum atomic E-state index is -0.908. The summed E-state index contributed by atoms with van der Waals surface area (Å²) in [5.41, 5.74) is 1.73. The first-order valence-corrected chi connectivity index (χ1v) is 10.7. The normalized spacial score (nSPS) is 11.6. The first-order chi connectivity index (χ1) is 16.3. The number of benzene rings is 3. The maximum Gasteiger partial charge on any atom is 0.310 e. The van der Waals surface area contributed by atoms with E-state index in [-0.39, 0.29) is 12.5 Å². The SMILES string of the molecule is COc1ccc2cc([C@H](CCCN(C)C(=O)c3ccc(CO[N+](=O)[O-])cc3)C(=O)O)ccc2c1. The molecule has 1 amide bonds. The molecule has 9 nitrogen and oxygen atoms in total. The number of carboxylic acids is 1. The molecule has 0 unspecified atom stereocenters. The lowest BCUT2D eigenvalue weighted by molar-refractivity contribution is -0.763. The highest BCUT2D eigenvalue weighted by atomic mass is 16.9. The molecule has 0 spiro atoms. The van der Waals surface area contributed by atoms with E-state index in [9.17, 15) is 24.8 Å². The van der Waals surface area contributed by atoms with Gasteiger partial charge in [-0.05, 0) is 59.0 Å². The Bertz CT molecular complexity index is 1180. The van der Waals surface area contributed by atoms with Gasteiger partial charge in [-0.2, -0.15) is 0 Å². The molecular weight excluding hydrogens is 440 g/mol. The number of methoxy groups -OCH3 is 1. The number of amides is 1. The van der Waals surface area contributed by atoms with Crippen molar-refractivity contribution in [2.24, 2.45) is 0 Å². The molecule has 0 aromatic heterocycles. The standard InChI is InChI=1S/C25H26N2O7/c1-26(24(28)18-7-5-17(6-8-18)16-34-27(31)32)13-3-4-23(25(29)30)21-10-9-20-15-22(33-2)12-11-19(20)14-21/h5-12,14-15,23H,3-4,13,16H2,1-2H3,(H,29,30)/t23-/m0/s1. The van der Waals surface area contributed by atoms with Gasteiger partial charge in [0.2, 0.25) is 0 Å². The van der Waals surface area contributed by atoms with Gasteiger partial charge >= 0.3 is 5.97 Å². The summed E-state index contributed by atoms with van der Waals surface area (Å²) in [6, 6.07) is 17.6. The molecule has 0 bridgehead atoms. The second-order valence-electron chi connectivity index (χ2n) is 7.93. The predicted octanol–water partition coefficient (Wildman–Crippen LogP) is 4.28. The van der Waals surface area contributed by atoms with Gasteiger partial charge in [-0.25, -0.2) is 0 Å². The average Bonchev–Trinajstić information content (AvgIpc) is 2.84. The summed E-state index contributed by atoms with van der Waals surface area (Å²) in [7, 11) is 3.26. The fourth-order valence-corrected chi connectivity index (χ4v) is 3.74. The molecule has 0 aliphatic rings. The molecule has 1 N–H and O–H groups in total. The third-order valence-corrected chi connectivity index (χ3v) is 5.64. The lowest BCUT2D eigenvalue weighted by Crippen LogP contribution is -2.28. The highest BCUT2D eigenvalue weighted by Crippen LogP contribution is 2.28. The zero-order valence-electron chi connectivity index (χ0n) is 19.0. The highest BCUT2D eigenvalue weighted by Gasteiger charge is 2.21.